The molecule has 1 heteroatoms. The first-order chi connectivity index (χ1) is 13.3. The zero-order valence-electron chi connectivity index (χ0n) is 19.2. The quantitative estimate of drug-likeness (QED) is 0.477. The van der Waals surface area contributed by atoms with E-state index in [1.54, 1.807) is 0 Å². The van der Waals surface area contributed by atoms with Crippen molar-refractivity contribution in [3.05, 3.63) is 11.6 Å². The lowest BCUT2D eigenvalue weighted by atomic mass is 9.46. The van der Waals surface area contributed by atoms with Gasteiger partial charge < -0.3 is 0 Å². The van der Waals surface area contributed by atoms with Crippen LogP contribution in [0.3, 0.4) is 0 Å². The van der Waals surface area contributed by atoms with E-state index in [4.69, 9.17) is 0 Å². The van der Waals surface area contributed by atoms with Crippen LogP contribution in [-0.4, -0.2) is 5.78 Å². The minimum absolute atomic E-state index is 0.332. The fraction of sp³-hybridized carbons (Fsp3) is 0.889. The van der Waals surface area contributed by atoms with Gasteiger partial charge in [-0.25, -0.2) is 0 Å². The Hall–Kier alpha value is -0.590. The summed E-state index contributed by atoms with van der Waals surface area (Å²) < 4.78 is 0. The Kier molecular flexibility index (Phi) is 5.60. The van der Waals surface area contributed by atoms with Gasteiger partial charge in [-0.05, 0) is 97.4 Å². The molecule has 0 aromatic heterocycles. The Morgan fingerprint density at radius 1 is 0.964 bits per heavy atom. The molecule has 0 spiro atoms. The maximum atomic E-state index is 12.0. The van der Waals surface area contributed by atoms with Crippen LogP contribution >= 0.6 is 0 Å². The lowest BCUT2D eigenvalue weighted by Gasteiger charge is -2.58. The number of carbonyl (C=O) groups is 1. The molecule has 0 bridgehead atoms. The third-order valence-corrected chi connectivity index (χ3v) is 10.2. The molecule has 4 rings (SSSR count). The van der Waals surface area contributed by atoms with E-state index in [9.17, 15) is 4.79 Å². The van der Waals surface area contributed by atoms with E-state index in [1.165, 1.54) is 63.4 Å². The molecular weight excluding hydrogens is 340 g/mol. The summed E-state index contributed by atoms with van der Waals surface area (Å²) in [7, 11) is 0. The van der Waals surface area contributed by atoms with E-state index in [0.717, 1.165) is 48.3 Å². The van der Waals surface area contributed by atoms with Crippen molar-refractivity contribution in [1.29, 1.82) is 0 Å². The summed E-state index contributed by atoms with van der Waals surface area (Å²) in [4.78, 5) is 12.0. The summed E-state index contributed by atoms with van der Waals surface area (Å²) in [6.07, 6.45) is 16.6. The highest BCUT2D eigenvalue weighted by Crippen LogP contribution is 2.67. The molecule has 158 valence electrons. The Morgan fingerprint density at radius 2 is 1.75 bits per heavy atom. The summed E-state index contributed by atoms with van der Waals surface area (Å²) >= 11 is 0. The van der Waals surface area contributed by atoms with Crippen LogP contribution in [0.1, 0.15) is 105 Å². The van der Waals surface area contributed by atoms with Gasteiger partial charge in [-0.3, -0.25) is 4.79 Å². The maximum absolute atomic E-state index is 12.0. The third-order valence-electron chi connectivity index (χ3n) is 10.2. The standard InChI is InChI=1S/C27H44O/c1-18(2)7-6-8-19(3)23-11-12-24-22-10-9-20-17-21(28)13-15-26(20,4)25(22)14-16-27(23,24)5/h17-19,22-25H,6-16H2,1-5H3/t19-,22+,23-,24+,25+,26+,27-/m0/s1. The minimum Gasteiger partial charge on any atom is -0.295 e. The van der Waals surface area contributed by atoms with Gasteiger partial charge >= 0.3 is 0 Å². The van der Waals surface area contributed by atoms with Crippen LogP contribution < -0.4 is 0 Å². The highest BCUT2D eigenvalue weighted by molar-refractivity contribution is 5.91. The van der Waals surface area contributed by atoms with Gasteiger partial charge in [-0.1, -0.05) is 59.5 Å². The molecule has 0 amide bonds. The van der Waals surface area contributed by atoms with Crippen molar-refractivity contribution in [3.63, 3.8) is 0 Å². The number of rotatable bonds is 5. The topological polar surface area (TPSA) is 17.1 Å². The number of fused-ring (bicyclic) bond motifs is 5. The number of allylic oxidation sites excluding steroid dienone is 1. The molecule has 0 saturated heterocycles. The third kappa shape index (κ3) is 3.33. The number of hydrogen-bond acceptors (Lipinski definition) is 1. The average Bonchev–Trinajstić information content (AvgIpc) is 2.99. The number of hydrogen-bond donors (Lipinski definition) is 0. The van der Waals surface area contributed by atoms with Crippen molar-refractivity contribution in [3.8, 4) is 0 Å². The Balaban J connectivity index is 1.49. The molecular formula is C27H44O. The normalized spacial score (nSPS) is 43.9. The van der Waals surface area contributed by atoms with Crippen LogP contribution in [0.5, 0.6) is 0 Å². The second-order valence-electron chi connectivity index (χ2n) is 12.0. The molecule has 3 fully saturated rings. The Bertz CT molecular complexity index is 630. The molecule has 4 aliphatic carbocycles. The maximum Gasteiger partial charge on any atom is 0.155 e. The van der Waals surface area contributed by atoms with Crippen LogP contribution in [0, 0.1) is 46.3 Å². The van der Waals surface area contributed by atoms with Crippen molar-refractivity contribution in [1.82, 2.24) is 0 Å². The van der Waals surface area contributed by atoms with Gasteiger partial charge in [-0.15, -0.1) is 0 Å². The zero-order valence-corrected chi connectivity index (χ0v) is 19.2. The molecule has 4 aliphatic rings. The molecule has 0 aromatic carbocycles. The fourth-order valence-electron chi connectivity index (χ4n) is 8.58. The predicted molar refractivity (Wildman–Crippen MR) is 118 cm³/mol. The number of carbonyl (C=O) groups excluding carboxylic acids is 1. The highest BCUT2D eigenvalue weighted by atomic mass is 16.1. The Labute approximate surface area is 174 Å². The van der Waals surface area contributed by atoms with Crippen molar-refractivity contribution < 1.29 is 4.79 Å². The van der Waals surface area contributed by atoms with Gasteiger partial charge in [0.1, 0.15) is 0 Å². The summed E-state index contributed by atoms with van der Waals surface area (Å²) in [5, 5.41) is 0. The smallest absolute Gasteiger partial charge is 0.155 e. The van der Waals surface area contributed by atoms with Crippen molar-refractivity contribution >= 4 is 5.78 Å². The largest absolute Gasteiger partial charge is 0.295 e. The van der Waals surface area contributed by atoms with E-state index in [2.05, 4.69) is 40.7 Å². The molecule has 28 heavy (non-hydrogen) atoms. The molecule has 0 unspecified atom stereocenters. The first-order valence-corrected chi connectivity index (χ1v) is 12.5. The second kappa shape index (κ2) is 7.59. The monoisotopic (exact) mass is 384 g/mol. The van der Waals surface area contributed by atoms with Gasteiger partial charge in [-0.2, -0.15) is 0 Å². The first-order valence-electron chi connectivity index (χ1n) is 12.5. The van der Waals surface area contributed by atoms with Gasteiger partial charge in [0, 0.05) is 6.42 Å². The first kappa shape index (κ1) is 20.7. The fourth-order valence-corrected chi connectivity index (χ4v) is 8.58. The molecule has 0 heterocycles. The van der Waals surface area contributed by atoms with Gasteiger partial charge in [0.15, 0.2) is 5.78 Å². The minimum atomic E-state index is 0.332. The van der Waals surface area contributed by atoms with Crippen molar-refractivity contribution in [2.24, 2.45) is 46.3 Å². The van der Waals surface area contributed by atoms with Crippen LogP contribution in [0.4, 0.5) is 0 Å². The highest BCUT2D eigenvalue weighted by Gasteiger charge is 2.59. The van der Waals surface area contributed by atoms with Gasteiger partial charge in [0.2, 0.25) is 0 Å². The zero-order chi connectivity index (χ0) is 20.1. The van der Waals surface area contributed by atoms with Crippen LogP contribution in [0.2, 0.25) is 0 Å². The van der Waals surface area contributed by atoms with E-state index >= 15 is 0 Å². The molecule has 0 N–H and O–H groups in total. The van der Waals surface area contributed by atoms with Gasteiger partial charge in [0.05, 0.1) is 0 Å². The van der Waals surface area contributed by atoms with E-state index in [1.807, 2.05) is 0 Å². The van der Waals surface area contributed by atoms with Crippen LogP contribution in [0.15, 0.2) is 11.6 Å². The van der Waals surface area contributed by atoms with Crippen LogP contribution in [-0.2, 0) is 4.79 Å². The van der Waals surface area contributed by atoms with Crippen LogP contribution in [0.25, 0.3) is 0 Å². The molecule has 0 radical (unpaired) electrons. The number of ketones is 1. The summed E-state index contributed by atoms with van der Waals surface area (Å²) in [5.74, 6) is 5.79. The SMILES string of the molecule is CC(C)CCC[C@H](C)[C@@H]1CC[C@@H]2[C@H]3CCC4=CC(=O)CC[C@@]4(C)[C@@H]3CC[C@]21C. The van der Waals surface area contributed by atoms with Gasteiger partial charge in [0.25, 0.3) is 0 Å². The lowest BCUT2D eigenvalue weighted by Crippen LogP contribution is -2.50. The lowest BCUT2D eigenvalue weighted by molar-refractivity contribution is -0.117. The Morgan fingerprint density at radius 3 is 2.50 bits per heavy atom. The molecule has 0 aliphatic heterocycles. The average molecular weight is 385 g/mol. The molecule has 3 saturated carbocycles. The second-order valence-corrected chi connectivity index (χ2v) is 12.0. The summed E-state index contributed by atoms with van der Waals surface area (Å²) in [6, 6.07) is 0. The van der Waals surface area contributed by atoms with E-state index in [-0.39, 0.29) is 0 Å². The van der Waals surface area contributed by atoms with E-state index < -0.39 is 0 Å². The molecule has 0 aromatic rings. The molecule has 1 nitrogen and oxygen atoms in total. The predicted octanol–water partition coefficient (Wildman–Crippen LogP) is 7.60. The molecule has 7 atom stereocenters. The van der Waals surface area contributed by atoms with Crippen molar-refractivity contribution in [2.45, 2.75) is 105 Å². The summed E-state index contributed by atoms with van der Waals surface area (Å²) in [6.45, 7) is 12.5. The van der Waals surface area contributed by atoms with Crippen molar-refractivity contribution in [2.75, 3.05) is 0 Å². The summed E-state index contributed by atoms with van der Waals surface area (Å²) in [5.41, 5.74) is 2.43. The van der Waals surface area contributed by atoms with E-state index in [0.29, 0.717) is 16.6 Å².